The summed E-state index contributed by atoms with van der Waals surface area (Å²) in [5, 5.41) is 10.6. The van der Waals surface area contributed by atoms with Gasteiger partial charge in [-0.1, -0.05) is 49.8 Å². The molecule has 0 saturated heterocycles. The zero-order valence-corrected chi connectivity index (χ0v) is 18.4. The number of nitrogens with one attached hydrogen (secondary N) is 2. The molecule has 1 aliphatic heterocycles. The van der Waals surface area contributed by atoms with Gasteiger partial charge in [-0.25, -0.2) is 0 Å². The molecule has 7 nitrogen and oxygen atoms in total. The lowest BCUT2D eigenvalue weighted by Gasteiger charge is -2.44. The summed E-state index contributed by atoms with van der Waals surface area (Å²) < 4.78 is 1.74. The number of fused-ring (bicyclic) bond motifs is 1. The molecule has 2 N–H and O–H groups in total. The maximum atomic E-state index is 13.1. The zero-order chi connectivity index (χ0) is 22.0. The maximum absolute atomic E-state index is 13.1. The normalized spacial score (nSPS) is 21.1. The van der Waals surface area contributed by atoms with E-state index in [0.717, 1.165) is 37.8 Å². The first-order valence-corrected chi connectivity index (χ1v) is 11.0. The Balaban J connectivity index is 1.44. The van der Waals surface area contributed by atoms with Gasteiger partial charge in [0.2, 0.25) is 5.91 Å². The fraction of sp³-hybridized carbons (Fsp3) is 0.458. The molecule has 1 saturated carbocycles. The first-order chi connectivity index (χ1) is 14.9. The number of hydrogen-bond donors (Lipinski definition) is 2. The Morgan fingerprint density at radius 1 is 1.23 bits per heavy atom. The maximum Gasteiger partial charge on any atom is 0.271 e. The van der Waals surface area contributed by atoms with Gasteiger partial charge in [-0.2, -0.15) is 5.10 Å². The van der Waals surface area contributed by atoms with Crippen molar-refractivity contribution >= 4 is 17.5 Å². The molecule has 1 aromatic heterocycles. The van der Waals surface area contributed by atoms with Gasteiger partial charge in [-0.05, 0) is 37.8 Å². The van der Waals surface area contributed by atoms with Crippen molar-refractivity contribution in [3.8, 4) is 0 Å². The molecule has 31 heavy (non-hydrogen) atoms. The Hall–Kier alpha value is -3.09. The van der Waals surface area contributed by atoms with Crippen LogP contribution in [0, 0.1) is 0 Å². The van der Waals surface area contributed by atoms with Crippen molar-refractivity contribution in [3.63, 3.8) is 0 Å². The van der Waals surface area contributed by atoms with E-state index in [1.807, 2.05) is 49.2 Å². The van der Waals surface area contributed by atoms with Crippen molar-refractivity contribution < 1.29 is 9.59 Å². The number of rotatable bonds is 6. The van der Waals surface area contributed by atoms with Crippen LogP contribution in [0.1, 0.15) is 54.4 Å². The molecule has 7 heteroatoms. The van der Waals surface area contributed by atoms with Gasteiger partial charge in [0.05, 0.1) is 17.9 Å². The highest BCUT2D eigenvalue weighted by Gasteiger charge is 2.44. The van der Waals surface area contributed by atoms with Crippen LogP contribution in [-0.4, -0.2) is 51.7 Å². The Kier molecular flexibility index (Phi) is 5.85. The van der Waals surface area contributed by atoms with E-state index in [4.69, 9.17) is 0 Å². The molecule has 4 rings (SSSR count). The third kappa shape index (κ3) is 4.22. The number of benzene rings is 1. The first-order valence-electron chi connectivity index (χ1n) is 11.0. The summed E-state index contributed by atoms with van der Waals surface area (Å²) >= 11 is 0. The average molecular weight is 422 g/mol. The third-order valence-electron chi connectivity index (χ3n) is 6.63. The predicted molar refractivity (Wildman–Crippen MR) is 120 cm³/mol. The molecule has 2 amide bonds. The van der Waals surface area contributed by atoms with Crippen LogP contribution in [0.2, 0.25) is 0 Å². The lowest BCUT2D eigenvalue weighted by Crippen LogP contribution is -2.60. The van der Waals surface area contributed by atoms with E-state index in [-0.39, 0.29) is 17.9 Å². The molecule has 0 bridgehead atoms. The van der Waals surface area contributed by atoms with Crippen molar-refractivity contribution in [2.45, 2.75) is 57.2 Å². The first kappa shape index (κ1) is 21.2. The van der Waals surface area contributed by atoms with Gasteiger partial charge in [-0.15, -0.1) is 0 Å². The van der Waals surface area contributed by atoms with Gasteiger partial charge in [0.15, 0.2) is 5.69 Å². The lowest BCUT2D eigenvalue weighted by atomic mass is 9.94. The smallest absolute Gasteiger partial charge is 0.271 e. The van der Waals surface area contributed by atoms with Crippen molar-refractivity contribution in [2.75, 3.05) is 13.6 Å². The Bertz CT molecular complexity index is 977. The summed E-state index contributed by atoms with van der Waals surface area (Å²) in [7, 11) is 1.88. The van der Waals surface area contributed by atoms with Crippen LogP contribution in [-0.2, 0) is 17.8 Å². The summed E-state index contributed by atoms with van der Waals surface area (Å²) in [6.45, 7) is 6.99. The highest BCUT2D eigenvalue weighted by Crippen LogP contribution is 2.33. The zero-order valence-electron chi connectivity index (χ0n) is 18.4. The lowest BCUT2D eigenvalue weighted by molar-refractivity contribution is -0.132. The number of carbonyl (C=O) groups excluding carboxylic acids is 2. The molecule has 0 radical (unpaired) electrons. The molecule has 2 aromatic rings. The highest BCUT2D eigenvalue weighted by atomic mass is 16.2. The van der Waals surface area contributed by atoms with Gasteiger partial charge >= 0.3 is 0 Å². The van der Waals surface area contributed by atoms with E-state index in [2.05, 4.69) is 22.3 Å². The number of amides is 2. The third-order valence-corrected chi connectivity index (χ3v) is 6.63. The van der Waals surface area contributed by atoms with E-state index in [1.54, 1.807) is 10.7 Å². The van der Waals surface area contributed by atoms with Gasteiger partial charge in [0, 0.05) is 19.6 Å². The minimum absolute atomic E-state index is 0.0157. The minimum atomic E-state index is -0.806. The van der Waals surface area contributed by atoms with Gasteiger partial charge in [0.1, 0.15) is 5.54 Å². The fourth-order valence-electron chi connectivity index (χ4n) is 4.44. The largest absolute Gasteiger partial charge is 0.358 e. The average Bonchev–Trinajstić information content (AvgIpc) is 3.43. The van der Waals surface area contributed by atoms with Crippen LogP contribution < -0.4 is 10.6 Å². The summed E-state index contributed by atoms with van der Waals surface area (Å²) in [6.07, 6.45) is 5.15. The molecular weight excluding hydrogens is 390 g/mol. The molecule has 2 aliphatic rings. The van der Waals surface area contributed by atoms with E-state index in [0.29, 0.717) is 24.5 Å². The molecular formula is C24H31N5O2. The van der Waals surface area contributed by atoms with Crippen LogP contribution in [0.5, 0.6) is 0 Å². The Labute approximate surface area is 183 Å². The molecule has 1 atom stereocenters. The van der Waals surface area contributed by atoms with Gasteiger partial charge in [-0.3, -0.25) is 14.3 Å². The van der Waals surface area contributed by atoms with Gasteiger partial charge in [0.25, 0.3) is 5.91 Å². The Morgan fingerprint density at radius 3 is 2.65 bits per heavy atom. The number of nitrogens with zero attached hydrogens (tertiary/aromatic N) is 3. The molecule has 1 aliphatic carbocycles. The van der Waals surface area contributed by atoms with Gasteiger partial charge < -0.3 is 15.5 Å². The second-order valence-corrected chi connectivity index (χ2v) is 8.80. The predicted octanol–water partition coefficient (Wildman–Crippen LogP) is 2.59. The standard InChI is InChI=1S/C24H31N5O2/c1-17-21-15-20(22(30)25-14-13-18-9-5-4-6-10-18)27-29(21)16-24(2,28(17)3)23(31)26-19-11-7-8-12-19/h4-6,9-10,15,19H,1,7-8,11-14,16H2,2-3H3,(H,25,30)(H,26,31). The topological polar surface area (TPSA) is 79.3 Å². The second kappa shape index (κ2) is 8.57. The number of carbonyl (C=O) groups is 2. The van der Waals surface area contributed by atoms with E-state index in [9.17, 15) is 9.59 Å². The molecule has 1 fully saturated rings. The minimum Gasteiger partial charge on any atom is -0.358 e. The Morgan fingerprint density at radius 2 is 1.94 bits per heavy atom. The summed E-state index contributed by atoms with van der Waals surface area (Å²) in [6, 6.07) is 12.0. The monoisotopic (exact) mass is 421 g/mol. The number of likely N-dealkylation sites (N-methyl/N-ethyl adjacent to an activating group) is 1. The molecule has 164 valence electrons. The molecule has 2 heterocycles. The van der Waals surface area contributed by atoms with Crippen molar-refractivity contribution in [3.05, 3.63) is 59.9 Å². The highest BCUT2D eigenvalue weighted by molar-refractivity contribution is 5.93. The molecule has 0 spiro atoms. The summed E-state index contributed by atoms with van der Waals surface area (Å²) in [5.41, 5.74) is 2.16. The van der Waals surface area contributed by atoms with Crippen molar-refractivity contribution in [1.29, 1.82) is 0 Å². The van der Waals surface area contributed by atoms with Crippen LogP contribution in [0.25, 0.3) is 5.70 Å². The van der Waals surface area contributed by atoms with Crippen LogP contribution in [0.15, 0.2) is 43.0 Å². The SMILES string of the molecule is C=C1c2cc(C(=O)NCCc3ccccc3)nn2CC(C)(C(=O)NC2CCCC2)N1C. The van der Waals surface area contributed by atoms with Crippen molar-refractivity contribution in [1.82, 2.24) is 25.3 Å². The van der Waals surface area contributed by atoms with Crippen LogP contribution in [0.3, 0.4) is 0 Å². The summed E-state index contributed by atoms with van der Waals surface area (Å²) in [5.74, 6) is -0.233. The quantitative estimate of drug-likeness (QED) is 0.752. The van der Waals surface area contributed by atoms with E-state index >= 15 is 0 Å². The van der Waals surface area contributed by atoms with Crippen molar-refractivity contribution in [2.24, 2.45) is 0 Å². The second-order valence-electron chi connectivity index (χ2n) is 8.80. The van der Waals surface area contributed by atoms with Crippen LogP contribution in [0.4, 0.5) is 0 Å². The molecule has 1 unspecified atom stereocenters. The van der Waals surface area contributed by atoms with E-state index < -0.39 is 5.54 Å². The number of aromatic nitrogens is 2. The fourth-order valence-corrected chi connectivity index (χ4v) is 4.44. The molecule has 1 aromatic carbocycles. The van der Waals surface area contributed by atoms with Crippen LogP contribution >= 0.6 is 0 Å². The summed E-state index contributed by atoms with van der Waals surface area (Å²) in [4.78, 5) is 27.7. The number of hydrogen-bond acceptors (Lipinski definition) is 4. The van der Waals surface area contributed by atoms with E-state index in [1.165, 1.54) is 5.56 Å².